The standard InChI is InChI=1S/C20H20F2N4O3S/c1-2-8-26(11-16-24-15-6-9-30-18(15)20(29)25-16)17(27)5-7-23-19(28)13-4-3-12(21)10-14(13)22/h3-4,6,9-10H,2,5,7-8,11H2,1H3,(H,23,28)(H,24,25,29). The first-order chi connectivity index (χ1) is 14.4. The maximum atomic E-state index is 13.7. The molecule has 0 saturated heterocycles. The van der Waals surface area contributed by atoms with Crippen LogP contribution in [-0.2, 0) is 11.3 Å². The second-order valence-electron chi connectivity index (χ2n) is 6.59. The third kappa shape index (κ3) is 5.07. The molecular weight excluding hydrogens is 414 g/mol. The van der Waals surface area contributed by atoms with Gasteiger partial charge in [0, 0.05) is 25.6 Å². The number of rotatable bonds is 8. The average Bonchev–Trinajstić information content (AvgIpc) is 3.16. The minimum absolute atomic E-state index is 0.0117. The molecule has 0 aliphatic carbocycles. The summed E-state index contributed by atoms with van der Waals surface area (Å²) in [6, 6.07) is 4.41. The lowest BCUT2D eigenvalue weighted by molar-refractivity contribution is -0.131. The number of fused-ring (bicyclic) bond motifs is 1. The number of nitrogens with zero attached hydrogens (tertiary/aromatic N) is 2. The van der Waals surface area contributed by atoms with Crippen LogP contribution in [0, 0.1) is 11.6 Å². The van der Waals surface area contributed by atoms with E-state index in [1.807, 2.05) is 6.92 Å². The third-order valence-electron chi connectivity index (χ3n) is 4.35. The molecule has 0 saturated carbocycles. The van der Waals surface area contributed by atoms with E-state index < -0.39 is 17.5 Å². The fourth-order valence-electron chi connectivity index (χ4n) is 2.95. The van der Waals surface area contributed by atoms with Crippen LogP contribution in [0.3, 0.4) is 0 Å². The van der Waals surface area contributed by atoms with Gasteiger partial charge in [-0.05, 0) is 30.0 Å². The molecule has 1 aromatic carbocycles. The molecule has 0 aliphatic rings. The zero-order chi connectivity index (χ0) is 21.7. The summed E-state index contributed by atoms with van der Waals surface area (Å²) in [6.07, 6.45) is 0.684. The van der Waals surface area contributed by atoms with Crippen LogP contribution in [0.4, 0.5) is 8.78 Å². The number of carbonyl (C=O) groups excluding carboxylic acids is 2. The molecule has 158 valence electrons. The Labute approximate surface area is 174 Å². The van der Waals surface area contributed by atoms with Gasteiger partial charge in [-0.15, -0.1) is 11.3 Å². The molecule has 2 amide bonds. The number of H-pyrrole nitrogens is 1. The summed E-state index contributed by atoms with van der Waals surface area (Å²) in [5.41, 5.74) is 0.0406. The Kier molecular flexibility index (Phi) is 6.88. The van der Waals surface area contributed by atoms with Gasteiger partial charge in [-0.3, -0.25) is 14.4 Å². The first-order valence-corrected chi connectivity index (χ1v) is 10.2. The lowest BCUT2D eigenvalue weighted by Gasteiger charge is -2.21. The number of amides is 2. The Morgan fingerprint density at radius 1 is 1.27 bits per heavy atom. The fourth-order valence-corrected chi connectivity index (χ4v) is 3.67. The quantitative estimate of drug-likeness (QED) is 0.570. The van der Waals surface area contributed by atoms with Crippen LogP contribution >= 0.6 is 11.3 Å². The minimum Gasteiger partial charge on any atom is -0.351 e. The van der Waals surface area contributed by atoms with E-state index in [-0.39, 0.29) is 36.5 Å². The predicted molar refractivity (Wildman–Crippen MR) is 109 cm³/mol. The molecule has 0 bridgehead atoms. The molecule has 10 heteroatoms. The first kappa shape index (κ1) is 21.6. The van der Waals surface area contributed by atoms with Crippen molar-refractivity contribution in [3.8, 4) is 0 Å². The van der Waals surface area contributed by atoms with Crippen LogP contribution in [0.5, 0.6) is 0 Å². The molecule has 3 aromatic rings. The van der Waals surface area contributed by atoms with E-state index in [0.717, 1.165) is 12.1 Å². The van der Waals surface area contributed by atoms with Gasteiger partial charge < -0.3 is 15.2 Å². The van der Waals surface area contributed by atoms with Crippen molar-refractivity contribution in [2.45, 2.75) is 26.3 Å². The van der Waals surface area contributed by atoms with E-state index >= 15 is 0 Å². The SMILES string of the molecule is CCCN(Cc1nc2ccsc2c(=O)[nH]1)C(=O)CCNC(=O)c1ccc(F)cc1F. The van der Waals surface area contributed by atoms with Crippen molar-refractivity contribution >= 4 is 33.4 Å². The van der Waals surface area contributed by atoms with Gasteiger partial charge >= 0.3 is 0 Å². The summed E-state index contributed by atoms with van der Waals surface area (Å²) in [5, 5.41) is 4.24. The number of hydrogen-bond acceptors (Lipinski definition) is 5. The molecule has 0 spiro atoms. The van der Waals surface area contributed by atoms with Gasteiger partial charge in [0.1, 0.15) is 22.2 Å². The van der Waals surface area contributed by atoms with Gasteiger partial charge in [-0.2, -0.15) is 0 Å². The summed E-state index contributed by atoms with van der Waals surface area (Å²) in [5.74, 6) is -2.34. The molecule has 0 radical (unpaired) electrons. The molecule has 2 aromatic heterocycles. The highest BCUT2D eigenvalue weighted by atomic mass is 32.1. The molecule has 2 heterocycles. The van der Waals surface area contributed by atoms with E-state index in [9.17, 15) is 23.2 Å². The van der Waals surface area contributed by atoms with E-state index in [2.05, 4.69) is 15.3 Å². The van der Waals surface area contributed by atoms with E-state index in [4.69, 9.17) is 0 Å². The van der Waals surface area contributed by atoms with E-state index in [0.29, 0.717) is 35.1 Å². The Balaban J connectivity index is 1.60. The topological polar surface area (TPSA) is 95.2 Å². The van der Waals surface area contributed by atoms with Gasteiger partial charge in [0.05, 0.1) is 17.6 Å². The lowest BCUT2D eigenvalue weighted by Crippen LogP contribution is -2.35. The molecule has 0 aliphatic heterocycles. The number of aromatic nitrogens is 2. The van der Waals surface area contributed by atoms with Crippen molar-refractivity contribution in [3.05, 3.63) is 63.0 Å². The average molecular weight is 434 g/mol. The van der Waals surface area contributed by atoms with Gasteiger partial charge in [-0.25, -0.2) is 13.8 Å². The van der Waals surface area contributed by atoms with Crippen molar-refractivity contribution in [3.63, 3.8) is 0 Å². The Morgan fingerprint density at radius 3 is 2.80 bits per heavy atom. The van der Waals surface area contributed by atoms with Gasteiger partial charge in [0.15, 0.2) is 0 Å². The number of benzene rings is 1. The molecule has 2 N–H and O–H groups in total. The lowest BCUT2D eigenvalue weighted by atomic mass is 10.2. The Morgan fingerprint density at radius 2 is 2.07 bits per heavy atom. The minimum atomic E-state index is -0.967. The second-order valence-corrected chi connectivity index (χ2v) is 7.51. The molecule has 0 unspecified atom stereocenters. The summed E-state index contributed by atoms with van der Waals surface area (Å²) in [7, 11) is 0. The smallest absolute Gasteiger partial charge is 0.268 e. The van der Waals surface area contributed by atoms with Crippen LogP contribution in [0.2, 0.25) is 0 Å². The van der Waals surface area contributed by atoms with Crippen LogP contribution in [0.25, 0.3) is 10.2 Å². The summed E-state index contributed by atoms with van der Waals surface area (Å²) < 4.78 is 27.2. The number of nitrogens with one attached hydrogen (secondary N) is 2. The fraction of sp³-hybridized carbons (Fsp3) is 0.300. The second kappa shape index (κ2) is 9.57. The molecule has 0 fully saturated rings. The summed E-state index contributed by atoms with van der Waals surface area (Å²) in [6.45, 7) is 2.48. The van der Waals surface area contributed by atoms with E-state index in [1.54, 1.807) is 16.3 Å². The largest absolute Gasteiger partial charge is 0.351 e. The van der Waals surface area contributed by atoms with Crippen LogP contribution in [-0.4, -0.2) is 39.8 Å². The van der Waals surface area contributed by atoms with Gasteiger partial charge in [-0.1, -0.05) is 6.92 Å². The first-order valence-electron chi connectivity index (χ1n) is 9.36. The number of halogens is 2. The normalized spacial score (nSPS) is 10.9. The molecule has 0 atom stereocenters. The number of thiophene rings is 1. The van der Waals surface area contributed by atoms with E-state index in [1.165, 1.54) is 11.3 Å². The van der Waals surface area contributed by atoms with Crippen LogP contribution in [0.15, 0.2) is 34.4 Å². The Bertz CT molecular complexity index is 1130. The van der Waals surface area contributed by atoms with Crippen molar-refractivity contribution in [2.24, 2.45) is 0 Å². The van der Waals surface area contributed by atoms with Crippen molar-refractivity contribution < 1.29 is 18.4 Å². The van der Waals surface area contributed by atoms with Crippen LogP contribution in [0.1, 0.15) is 35.9 Å². The number of aromatic amines is 1. The highest BCUT2D eigenvalue weighted by Crippen LogP contribution is 2.14. The van der Waals surface area contributed by atoms with Crippen molar-refractivity contribution in [1.29, 1.82) is 0 Å². The summed E-state index contributed by atoms with van der Waals surface area (Å²) >= 11 is 1.30. The number of hydrogen-bond donors (Lipinski definition) is 2. The maximum Gasteiger partial charge on any atom is 0.268 e. The number of carbonyl (C=O) groups is 2. The maximum absolute atomic E-state index is 13.7. The molecule has 3 rings (SSSR count). The van der Waals surface area contributed by atoms with Gasteiger partial charge in [0.25, 0.3) is 11.5 Å². The van der Waals surface area contributed by atoms with Gasteiger partial charge in [0.2, 0.25) is 5.91 Å². The van der Waals surface area contributed by atoms with Crippen molar-refractivity contribution in [1.82, 2.24) is 20.2 Å². The monoisotopic (exact) mass is 434 g/mol. The third-order valence-corrected chi connectivity index (χ3v) is 5.25. The zero-order valence-corrected chi connectivity index (χ0v) is 17.0. The predicted octanol–water partition coefficient (Wildman–Crippen LogP) is 2.82. The van der Waals surface area contributed by atoms with Crippen LogP contribution < -0.4 is 10.9 Å². The zero-order valence-electron chi connectivity index (χ0n) is 16.2. The van der Waals surface area contributed by atoms with Crippen molar-refractivity contribution in [2.75, 3.05) is 13.1 Å². The molecule has 7 nitrogen and oxygen atoms in total. The molecule has 30 heavy (non-hydrogen) atoms. The highest BCUT2D eigenvalue weighted by molar-refractivity contribution is 7.17. The Hall–Kier alpha value is -3.14. The summed E-state index contributed by atoms with van der Waals surface area (Å²) in [4.78, 5) is 45.4. The molecular formula is C20H20F2N4O3S. The highest BCUT2D eigenvalue weighted by Gasteiger charge is 2.17.